The molecule has 0 unspecified atom stereocenters. The zero-order chi connectivity index (χ0) is 11.8. The van der Waals surface area contributed by atoms with Crippen molar-refractivity contribution >= 4 is 18.0 Å². The Balaban J connectivity index is 2.43. The normalized spacial score (nSPS) is 10.8. The Morgan fingerprint density at radius 3 is 2.44 bits per heavy atom. The fraction of sp³-hybridized carbons (Fsp3) is 0. The van der Waals surface area contributed by atoms with E-state index in [-0.39, 0.29) is 0 Å². The van der Waals surface area contributed by atoms with Crippen LogP contribution in [-0.4, -0.2) is 11.9 Å². The van der Waals surface area contributed by atoms with Crippen molar-refractivity contribution in [2.75, 3.05) is 0 Å². The van der Waals surface area contributed by atoms with Gasteiger partial charge in [0.25, 0.3) is 0 Å². The summed E-state index contributed by atoms with van der Waals surface area (Å²) in [6.07, 6.45) is 4.80. The van der Waals surface area contributed by atoms with E-state index in [1.807, 2.05) is 30.3 Å². The van der Waals surface area contributed by atoms with Gasteiger partial charge in [-0.1, -0.05) is 30.3 Å². The first-order valence-electron chi connectivity index (χ1n) is 4.58. The monoisotopic (exact) mass is 217 g/mol. The third-order valence-corrected chi connectivity index (χ3v) is 1.63. The van der Waals surface area contributed by atoms with Crippen molar-refractivity contribution < 1.29 is 14.3 Å². The second-order valence-corrected chi connectivity index (χ2v) is 2.89. The van der Waals surface area contributed by atoms with Gasteiger partial charge in [0.05, 0.1) is 6.26 Å². The van der Waals surface area contributed by atoms with Crippen LogP contribution in [0.4, 0.5) is 0 Å². The van der Waals surface area contributed by atoms with Crippen molar-refractivity contribution in [3.8, 4) is 0 Å². The number of carbonyl (C=O) groups is 2. The molecule has 1 amide bonds. The van der Waals surface area contributed by atoms with Crippen molar-refractivity contribution in [2.45, 2.75) is 0 Å². The number of carbonyl (C=O) groups excluding carboxylic acids is 2. The number of hydrogen-bond donors (Lipinski definition) is 1. The Morgan fingerprint density at radius 1 is 1.12 bits per heavy atom. The SMILES string of the molecule is NC(=O)/C=C\C(=O)OC=Cc1ccccc1. The summed E-state index contributed by atoms with van der Waals surface area (Å²) in [5.41, 5.74) is 5.72. The molecule has 0 heterocycles. The molecule has 82 valence electrons. The van der Waals surface area contributed by atoms with E-state index in [1.54, 1.807) is 6.08 Å². The van der Waals surface area contributed by atoms with Crippen LogP contribution in [0.2, 0.25) is 0 Å². The maximum absolute atomic E-state index is 11.0. The molecule has 0 saturated carbocycles. The molecule has 0 saturated heterocycles. The predicted octanol–water partition coefficient (Wildman–Crippen LogP) is 1.24. The Kier molecular flexibility index (Phi) is 4.53. The molecule has 0 aromatic heterocycles. The highest BCUT2D eigenvalue weighted by molar-refractivity contribution is 5.93. The van der Waals surface area contributed by atoms with Gasteiger partial charge in [-0.25, -0.2) is 4.79 Å². The quantitative estimate of drug-likeness (QED) is 0.468. The van der Waals surface area contributed by atoms with Crippen LogP contribution in [0.15, 0.2) is 48.7 Å². The van der Waals surface area contributed by atoms with E-state index in [0.29, 0.717) is 0 Å². The van der Waals surface area contributed by atoms with Gasteiger partial charge in [0.2, 0.25) is 5.91 Å². The number of esters is 1. The van der Waals surface area contributed by atoms with Gasteiger partial charge in [-0.05, 0) is 11.6 Å². The molecule has 0 aliphatic heterocycles. The lowest BCUT2D eigenvalue weighted by Crippen LogP contribution is -2.07. The van der Waals surface area contributed by atoms with E-state index < -0.39 is 11.9 Å². The van der Waals surface area contributed by atoms with Crippen molar-refractivity contribution in [1.82, 2.24) is 0 Å². The van der Waals surface area contributed by atoms with E-state index in [9.17, 15) is 9.59 Å². The van der Waals surface area contributed by atoms with Crippen LogP contribution in [-0.2, 0) is 14.3 Å². The molecule has 1 aromatic carbocycles. The Hall–Kier alpha value is -2.36. The number of primary amides is 1. The number of hydrogen-bond acceptors (Lipinski definition) is 3. The van der Waals surface area contributed by atoms with E-state index in [4.69, 9.17) is 5.73 Å². The van der Waals surface area contributed by atoms with Crippen LogP contribution >= 0.6 is 0 Å². The summed E-state index contributed by atoms with van der Waals surface area (Å²) >= 11 is 0. The third kappa shape index (κ3) is 4.76. The molecule has 1 rings (SSSR count). The van der Waals surface area contributed by atoms with Gasteiger partial charge in [-0.15, -0.1) is 0 Å². The number of benzene rings is 1. The van der Waals surface area contributed by atoms with Gasteiger partial charge in [0.15, 0.2) is 0 Å². The summed E-state index contributed by atoms with van der Waals surface area (Å²) in [7, 11) is 0. The second-order valence-electron chi connectivity index (χ2n) is 2.89. The lowest BCUT2D eigenvalue weighted by molar-refractivity contribution is -0.132. The molecular weight excluding hydrogens is 206 g/mol. The second kappa shape index (κ2) is 6.19. The summed E-state index contributed by atoms with van der Waals surface area (Å²) < 4.78 is 4.68. The molecule has 0 aliphatic rings. The number of rotatable bonds is 4. The van der Waals surface area contributed by atoms with Crippen LogP contribution in [0.5, 0.6) is 0 Å². The summed E-state index contributed by atoms with van der Waals surface area (Å²) in [5.74, 6) is -1.34. The first-order chi connectivity index (χ1) is 7.68. The first-order valence-corrected chi connectivity index (χ1v) is 4.58. The Labute approximate surface area is 93.0 Å². The average Bonchev–Trinajstić information content (AvgIpc) is 2.28. The van der Waals surface area contributed by atoms with Crippen LogP contribution in [0.25, 0.3) is 6.08 Å². The smallest absolute Gasteiger partial charge is 0.335 e. The van der Waals surface area contributed by atoms with Gasteiger partial charge < -0.3 is 10.5 Å². The van der Waals surface area contributed by atoms with Crippen molar-refractivity contribution in [2.24, 2.45) is 5.73 Å². The van der Waals surface area contributed by atoms with E-state index in [1.165, 1.54) is 6.26 Å². The van der Waals surface area contributed by atoms with Gasteiger partial charge >= 0.3 is 5.97 Å². The topological polar surface area (TPSA) is 69.4 Å². The van der Waals surface area contributed by atoms with Gasteiger partial charge in [-0.2, -0.15) is 0 Å². The van der Waals surface area contributed by atoms with E-state index >= 15 is 0 Å². The minimum Gasteiger partial charge on any atom is -0.431 e. The molecule has 0 aliphatic carbocycles. The largest absolute Gasteiger partial charge is 0.431 e. The van der Waals surface area contributed by atoms with Crippen molar-refractivity contribution in [3.05, 3.63) is 54.3 Å². The minimum atomic E-state index is -0.691. The van der Waals surface area contributed by atoms with Gasteiger partial charge in [-0.3, -0.25) is 4.79 Å². The molecule has 0 radical (unpaired) electrons. The molecule has 16 heavy (non-hydrogen) atoms. The minimum absolute atomic E-state index is 0.647. The predicted molar refractivity (Wildman–Crippen MR) is 59.9 cm³/mol. The molecule has 4 heteroatoms. The van der Waals surface area contributed by atoms with E-state index in [0.717, 1.165) is 17.7 Å². The molecule has 0 bridgehead atoms. The summed E-state index contributed by atoms with van der Waals surface area (Å²) in [6, 6.07) is 9.36. The molecule has 0 atom stereocenters. The maximum Gasteiger partial charge on any atom is 0.335 e. The molecule has 0 fully saturated rings. The van der Waals surface area contributed by atoms with Crippen molar-refractivity contribution in [1.29, 1.82) is 0 Å². The van der Waals surface area contributed by atoms with Gasteiger partial charge in [0.1, 0.15) is 0 Å². The summed E-state index contributed by atoms with van der Waals surface area (Å²) in [4.78, 5) is 21.3. The number of ether oxygens (including phenoxy) is 1. The maximum atomic E-state index is 11.0. The van der Waals surface area contributed by atoms with Gasteiger partial charge in [0, 0.05) is 12.2 Å². The summed E-state index contributed by atoms with van der Waals surface area (Å²) in [6.45, 7) is 0. The van der Waals surface area contributed by atoms with Crippen LogP contribution in [0.3, 0.4) is 0 Å². The summed E-state index contributed by atoms with van der Waals surface area (Å²) in [5, 5.41) is 0. The highest BCUT2D eigenvalue weighted by Crippen LogP contribution is 2.00. The zero-order valence-corrected chi connectivity index (χ0v) is 8.50. The van der Waals surface area contributed by atoms with Crippen LogP contribution < -0.4 is 5.73 Å². The lowest BCUT2D eigenvalue weighted by Gasteiger charge is -1.93. The average molecular weight is 217 g/mol. The fourth-order valence-corrected chi connectivity index (χ4v) is 0.933. The van der Waals surface area contributed by atoms with Crippen LogP contribution in [0, 0.1) is 0 Å². The molecule has 4 nitrogen and oxygen atoms in total. The molecule has 0 spiro atoms. The first kappa shape index (κ1) is 11.7. The molecule has 2 N–H and O–H groups in total. The molecular formula is C12H11NO3. The number of nitrogens with two attached hydrogens (primary N) is 1. The Bertz CT molecular complexity index is 421. The zero-order valence-electron chi connectivity index (χ0n) is 8.50. The lowest BCUT2D eigenvalue weighted by atomic mass is 10.2. The highest BCUT2D eigenvalue weighted by Gasteiger charge is 1.93. The number of amides is 1. The van der Waals surface area contributed by atoms with E-state index in [2.05, 4.69) is 4.74 Å². The van der Waals surface area contributed by atoms with Crippen LogP contribution in [0.1, 0.15) is 5.56 Å². The highest BCUT2D eigenvalue weighted by atomic mass is 16.5. The third-order valence-electron chi connectivity index (χ3n) is 1.63. The Morgan fingerprint density at radius 2 is 1.81 bits per heavy atom. The standard InChI is InChI=1S/C12H11NO3/c13-11(14)6-7-12(15)16-9-8-10-4-2-1-3-5-10/h1-9H,(H2,13,14)/b7-6-,9-8?. The van der Waals surface area contributed by atoms with Crippen molar-refractivity contribution in [3.63, 3.8) is 0 Å². The fourth-order valence-electron chi connectivity index (χ4n) is 0.933. The molecule has 1 aromatic rings.